The van der Waals surface area contributed by atoms with E-state index in [-0.39, 0.29) is 12.1 Å². The van der Waals surface area contributed by atoms with E-state index < -0.39 is 0 Å². The zero-order valence-electron chi connectivity index (χ0n) is 11.6. The highest BCUT2D eigenvalue weighted by Crippen LogP contribution is 2.30. The highest BCUT2D eigenvalue weighted by atomic mass is 35.5. The molecule has 0 saturated carbocycles. The molecule has 2 N–H and O–H groups in total. The van der Waals surface area contributed by atoms with Crippen molar-refractivity contribution in [3.05, 3.63) is 40.9 Å². The van der Waals surface area contributed by atoms with Gasteiger partial charge in [-0.3, -0.25) is 0 Å². The van der Waals surface area contributed by atoms with E-state index in [4.69, 9.17) is 11.6 Å². The molecular formula is C16H21ClN2O. The van der Waals surface area contributed by atoms with E-state index in [0.29, 0.717) is 0 Å². The molecule has 20 heavy (non-hydrogen) atoms. The molecule has 1 fully saturated rings. The molecule has 2 atom stereocenters. The third-order valence-corrected chi connectivity index (χ3v) is 4.41. The molecule has 1 aromatic rings. The SMILES string of the molecule is OC1CCCNC1/C=C/CN1CCc2cc(Cl)ccc21. The van der Waals surface area contributed by atoms with Crippen LogP contribution in [0.15, 0.2) is 30.4 Å². The Bertz CT molecular complexity index is 503. The first-order chi connectivity index (χ1) is 9.74. The molecule has 0 amide bonds. The zero-order chi connectivity index (χ0) is 13.9. The van der Waals surface area contributed by atoms with Crippen LogP contribution in [-0.2, 0) is 6.42 Å². The number of fused-ring (bicyclic) bond motifs is 1. The lowest BCUT2D eigenvalue weighted by Gasteiger charge is -2.26. The normalized spacial score (nSPS) is 26.2. The number of piperidine rings is 1. The predicted octanol–water partition coefficient (Wildman–Crippen LogP) is 2.37. The monoisotopic (exact) mass is 292 g/mol. The van der Waals surface area contributed by atoms with Crippen molar-refractivity contribution in [2.45, 2.75) is 31.4 Å². The van der Waals surface area contributed by atoms with E-state index in [1.165, 1.54) is 11.3 Å². The second-order valence-electron chi connectivity index (χ2n) is 5.59. The number of benzene rings is 1. The highest BCUT2D eigenvalue weighted by molar-refractivity contribution is 6.30. The quantitative estimate of drug-likeness (QED) is 0.840. The molecule has 0 spiro atoms. The van der Waals surface area contributed by atoms with Crippen LogP contribution in [-0.4, -0.2) is 36.9 Å². The van der Waals surface area contributed by atoms with Crippen molar-refractivity contribution in [2.75, 3.05) is 24.5 Å². The number of nitrogens with zero attached hydrogens (tertiary/aromatic N) is 1. The molecule has 2 aliphatic rings. The smallest absolute Gasteiger partial charge is 0.0729 e. The average molecular weight is 293 g/mol. The van der Waals surface area contributed by atoms with Crippen LogP contribution in [0.25, 0.3) is 0 Å². The molecule has 0 aromatic heterocycles. The van der Waals surface area contributed by atoms with Crippen molar-refractivity contribution >= 4 is 17.3 Å². The van der Waals surface area contributed by atoms with Gasteiger partial charge in [0.25, 0.3) is 0 Å². The maximum atomic E-state index is 9.91. The Balaban J connectivity index is 1.60. The number of hydrogen-bond acceptors (Lipinski definition) is 3. The number of rotatable bonds is 3. The summed E-state index contributed by atoms with van der Waals surface area (Å²) in [5.41, 5.74) is 2.62. The van der Waals surface area contributed by atoms with Crippen molar-refractivity contribution in [3.63, 3.8) is 0 Å². The molecular weight excluding hydrogens is 272 g/mol. The van der Waals surface area contributed by atoms with Crippen LogP contribution < -0.4 is 10.2 Å². The second-order valence-corrected chi connectivity index (χ2v) is 6.02. The predicted molar refractivity (Wildman–Crippen MR) is 83.5 cm³/mol. The van der Waals surface area contributed by atoms with Gasteiger partial charge in [0.15, 0.2) is 0 Å². The van der Waals surface area contributed by atoms with Crippen molar-refractivity contribution in [1.82, 2.24) is 5.32 Å². The minimum atomic E-state index is -0.246. The highest BCUT2D eigenvalue weighted by Gasteiger charge is 2.20. The summed E-state index contributed by atoms with van der Waals surface area (Å²) in [6, 6.07) is 6.23. The van der Waals surface area contributed by atoms with E-state index >= 15 is 0 Å². The molecule has 2 aliphatic heterocycles. The van der Waals surface area contributed by atoms with Crippen molar-refractivity contribution < 1.29 is 5.11 Å². The van der Waals surface area contributed by atoms with Gasteiger partial charge in [-0.1, -0.05) is 23.8 Å². The number of aliphatic hydroxyl groups is 1. The number of halogens is 1. The zero-order valence-corrected chi connectivity index (χ0v) is 12.3. The fourth-order valence-corrected chi connectivity index (χ4v) is 3.25. The van der Waals surface area contributed by atoms with E-state index in [1.54, 1.807) is 0 Å². The summed E-state index contributed by atoms with van der Waals surface area (Å²) in [7, 11) is 0. The molecule has 2 heterocycles. The van der Waals surface area contributed by atoms with E-state index in [1.807, 2.05) is 6.07 Å². The molecule has 4 heteroatoms. The summed E-state index contributed by atoms with van der Waals surface area (Å²) in [6.45, 7) is 2.93. The van der Waals surface area contributed by atoms with Gasteiger partial charge in [-0.15, -0.1) is 0 Å². The summed E-state index contributed by atoms with van der Waals surface area (Å²) in [6.07, 6.45) is 7.05. The van der Waals surface area contributed by atoms with E-state index in [9.17, 15) is 5.11 Å². The number of nitrogens with one attached hydrogen (secondary N) is 1. The molecule has 108 valence electrons. The van der Waals surface area contributed by atoms with Gasteiger partial charge in [0.1, 0.15) is 0 Å². The van der Waals surface area contributed by atoms with Crippen LogP contribution in [0.5, 0.6) is 0 Å². The Morgan fingerprint density at radius 1 is 1.45 bits per heavy atom. The van der Waals surface area contributed by atoms with Gasteiger partial charge >= 0.3 is 0 Å². The van der Waals surface area contributed by atoms with Gasteiger partial charge in [0.2, 0.25) is 0 Å². The Morgan fingerprint density at radius 3 is 3.20 bits per heavy atom. The summed E-state index contributed by atoms with van der Waals surface area (Å²) in [4.78, 5) is 2.36. The van der Waals surface area contributed by atoms with Gasteiger partial charge in [0.05, 0.1) is 12.1 Å². The van der Waals surface area contributed by atoms with Gasteiger partial charge in [-0.2, -0.15) is 0 Å². The molecule has 0 bridgehead atoms. The second kappa shape index (κ2) is 6.17. The molecule has 1 aromatic carbocycles. The minimum Gasteiger partial charge on any atom is -0.391 e. The summed E-state index contributed by atoms with van der Waals surface area (Å²) < 4.78 is 0. The Kier molecular flexibility index (Phi) is 4.29. The molecule has 0 radical (unpaired) electrons. The first-order valence-corrected chi connectivity index (χ1v) is 7.73. The van der Waals surface area contributed by atoms with Gasteiger partial charge < -0.3 is 15.3 Å². The van der Waals surface area contributed by atoms with Gasteiger partial charge in [-0.25, -0.2) is 0 Å². The maximum Gasteiger partial charge on any atom is 0.0729 e. The maximum absolute atomic E-state index is 9.91. The van der Waals surface area contributed by atoms with Crippen LogP contribution in [0.4, 0.5) is 5.69 Å². The van der Waals surface area contributed by atoms with Gasteiger partial charge in [-0.05, 0) is 49.6 Å². The summed E-state index contributed by atoms with van der Waals surface area (Å²) in [5.74, 6) is 0. The number of anilines is 1. The largest absolute Gasteiger partial charge is 0.391 e. The Hall–Kier alpha value is -1.03. The molecule has 3 rings (SSSR count). The molecule has 0 aliphatic carbocycles. The summed E-state index contributed by atoms with van der Waals surface area (Å²) >= 11 is 6.02. The van der Waals surface area contributed by atoms with Crippen LogP contribution in [0.2, 0.25) is 5.02 Å². The van der Waals surface area contributed by atoms with E-state index in [0.717, 1.165) is 43.9 Å². The number of aliphatic hydroxyl groups excluding tert-OH is 1. The third kappa shape index (κ3) is 3.00. The minimum absolute atomic E-state index is 0.107. The Labute approximate surface area is 125 Å². The van der Waals surface area contributed by atoms with Crippen LogP contribution >= 0.6 is 11.6 Å². The van der Waals surface area contributed by atoms with Crippen molar-refractivity contribution in [2.24, 2.45) is 0 Å². The summed E-state index contributed by atoms with van der Waals surface area (Å²) in [5, 5.41) is 14.1. The standard InChI is InChI=1S/C16H21ClN2O/c17-13-5-6-15-12(11-13)7-10-19(15)9-2-3-14-16(20)4-1-8-18-14/h2-3,5-6,11,14,16,18,20H,1,4,7-10H2/b3-2+. The van der Waals surface area contributed by atoms with Crippen LogP contribution in [0, 0.1) is 0 Å². The van der Waals surface area contributed by atoms with Crippen LogP contribution in [0.3, 0.4) is 0 Å². The van der Waals surface area contributed by atoms with Crippen molar-refractivity contribution in [1.29, 1.82) is 0 Å². The first-order valence-electron chi connectivity index (χ1n) is 7.35. The lowest BCUT2D eigenvalue weighted by atomic mass is 10.0. The van der Waals surface area contributed by atoms with Crippen molar-refractivity contribution in [3.8, 4) is 0 Å². The topological polar surface area (TPSA) is 35.5 Å². The third-order valence-electron chi connectivity index (χ3n) is 4.17. The lowest BCUT2D eigenvalue weighted by Crippen LogP contribution is -2.43. The fourth-order valence-electron chi connectivity index (χ4n) is 3.05. The van der Waals surface area contributed by atoms with E-state index in [2.05, 4.69) is 34.5 Å². The molecule has 1 saturated heterocycles. The van der Waals surface area contributed by atoms with Gasteiger partial charge in [0, 0.05) is 23.8 Å². The first kappa shape index (κ1) is 13.9. The lowest BCUT2D eigenvalue weighted by molar-refractivity contribution is 0.115. The number of hydrogen-bond donors (Lipinski definition) is 2. The molecule has 3 nitrogen and oxygen atoms in total. The molecule has 2 unspecified atom stereocenters. The van der Waals surface area contributed by atoms with Crippen LogP contribution in [0.1, 0.15) is 18.4 Å². The fraction of sp³-hybridized carbons (Fsp3) is 0.500. The Morgan fingerprint density at radius 2 is 2.35 bits per heavy atom. The average Bonchev–Trinajstić information content (AvgIpc) is 2.83.